The second kappa shape index (κ2) is 6.66. The average molecular weight is 329 g/mol. The normalized spacial score (nSPS) is 11.4. The van der Waals surface area contributed by atoms with E-state index >= 15 is 0 Å². The number of nitrogens with one attached hydrogen (secondary N) is 1. The van der Waals surface area contributed by atoms with Crippen LogP contribution >= 0.6 is 0 Å². The van der Waals surface area contributed by atoms with Crippen molar-refractivity contribution in [1.82, 2.24) is 4.57 Å². The molecule has 0 spiro atoms. The van der Waals surface area contributed by atoms with Crippen molar-refractivity contribution in [3.63, 3.8) is 0 Å². The maximum atomic E-state index is 12.5. The first kappa shape index (κ1) is 16.5. The van der Waals surface area contributed by atoms with E-state index in [0.29, 0.717) is 5.69 Å². The number of aromatic nitrogens is 1. The fourth-order valence-electron chi connectivity index (χ4n) is 2.86. The molecule has 0 aliphatic heterocycles. The molecule has 0 atom stereocenters. The Kier molecular flexibility index (Phi) is 4.40. The third-order valence-electron chi connectivity index (χ3n) is 4.41. The second-order valence-corrected chi connectivity index (χ2v) is 6.07. The summed E-state index contributed by atoms with van der Waals surface area (Å²) in [5.41, 5.74) is 4.85. The molecule has 1 N–H and O–H groups in total. The summed E-state index contributed by atoms with van der Waals surface area (Å²) in [6.07, 6.45) is 1.67. The maximum Gasteiger partial charge on any atom is 0.266 e. The summed E-state index contributed by atoms with van der Waals surface area (Å²) in [4.78, 5) is 12.5. The van der Waals surface area contributed by atoms with Crippen LogP contribution < -0.4 is 5.32 Å². The number of aryl methyl sites for hydroxylation is 2. The summed E-state index contributed by atoms with van der Waals surface area (Å²) >= 11 is 0. The lowest BCUT2D eigenvalue weighted by Crippen LogP contribution is -2.13. The molecule has 1 aromatic heterocycles. The van der Waals surface area contributed by atoms with Gasteiger partial charge < -0.3 is 9.88 Å². The van der Waals surface area contributed by atoms with Crippen molar-refractivity contribution in [3.8, 4) is 6.07 Å². The predicted octanol–water partition coefficient (Wildman–Crippen LogP) is 4.34. The Bertz CT molecular complexity index is 1020. The van der Waals surface area contributed by atoms with E-state index in [1.165, 1.54) is 0 Å². The number of carbonyl (C=O) groups excluding carboxylic acids is 1. The number of nitriles is 1. The first-order chi connectivity index (χ1) is 12.0. The molecule has 0 aliphatic rings. The van der Waals surface area contributed by atoms with Gasteiger partial charge in [-0.15, -0.1) is 0 Å². The van der Waals surface area contributed by atoms with Gasteiger partial charge >= 0.3 is 0 Å². The van der Waals surface area contributed by atoms with Gasteiger partial charge in [-0.25, -0.2) is 0 Å². The average Bonchev–Trinajstić information content (AvgIpc) is 2.86. The van der Waals surface area contributed by atoms with Crippen LogP contribution in [0, 0.1) is 25.2 Å². The van der Waals surface area contributed by atoms with Gasteiger partial charge in [0.05, 0.1) is 0 Å². The molecular formula is C21H19N3O. The summed E-state index contributed by atoms with van der Waals surface area (Å²) in [5.74, 6) is -0.404. The lowest BCUT2D eigenvalue weighted by Gasteiger charge is -2.05. The molecule has 124 valence electrons. The number of hydrogen-bond donors (Lipinski definition) is 1. The van der Waals surface area contributed by atoms with E-state index in [9.17, 15) is 10.1 Å². The standard InChI is InChI=1S/C21H19N3O/c1-14-8-10-17(11-9-14)23-21(25)16(13-22)12-19-15(2)24(3)20-7-5-4-6-18(19)20/h4-12H,1-3H3,(H,23,25)/b16-12+. The van der Waals surface area contributed by atoms with Gasteiger partial charge in [0.1, 0.15) is 11.6 Å². The quantitative estimate of drug-likeness (QED) is 0.574. The van der Waals surface area contributed by atoms with Crippen molar-refractivity contribution < 1.29 is 4.79 Å². The van der Waals surface area contributed by atoms with Gasteiger partial charge in [-0.05, 0) is 38.1 Å². The number of hydrogen-bond acceptors (Lipinski definition) is 2. The van der Waals surface area contributed by atoms with Crippen LogP contribution in [-0.4, -0.2) is 10.5 Å². The number of amides is 1. The monoisotopic (exact) mass is 329 g/mol. The van der Waals surface area contributed by atoms with E-state index in [1.54, 1.807) is 6.08 Å². The van der Waals surface area contributed by atoms with Gasteiger partial charge in [0.2, 0.25) is 0 Å². The highest BCUT2D eigenvalue weighted by molar-refractivity contribution is 6.11. The largest absolute Gasteiger partial charge is 0.347 e. The van der Waals surface area contributed by atoms with E-state index in [2.05, 4.69) is 9.88 Å². The van der Waals surface area contributed by atoms with Crippen LogP contribution in [0.15, 0.2) is 54.1 Å². The number of nitrogens with zero attached hydrogens (tertiary/aromatic N) is 2. The Labute approximate surface area is 147 Å². The lowest BCUT2D eigenvalue weighted by atomic mass is 10.1. The summed E-state index contributed by atoms with van der Waals surface area (Å²) in [7, 11) is 1.98. The minimum atomic E-state index is -0.404. The minimum absolute atomic E-state index is 0.0834. The smallest absolute Gasteiger partial charge is 0.266 e. The molecule has 3 aromatic rings. The number of carbonyl (C=O) groups is 1. The van der Waals surface area contributed by atoms with E-state index in [-0.39, 0.29) is 5.57 Å². The van der Waals surface area contributed by atoms with Gasteiger partial charge in [0, 0.05) is 34.9 Å². The summed E-state index contributed by atoms with van der Waals surface area (Å²) in [5, 5.41) is 13.3. The minimum Gasteiger partial charge on any atom is -0.347 e. The summed E-state index contributed by atoms with van der Waals surface area (Å²) in [6, 6.07) is 17.5. The molecule has 0 saturated heterocycles. The highest BCUT2D eigenvalue weighted by Crippen LogP contribution is 2.27. The zero-order chi connectivity index (χ0) is 18.0. The first-order valence-corrected chi connectivity index (χ1v) is 8.05. The molecule has 0 unspecified atom stereocenters. The van der Waals surface area contributed by atoms with E-state index in [0.717, 1.165) is 27.7 Å². The Balaban J connectivity index is 1.98. The number of rotatable bonds is 3. The Hall–Kier alpha value is -3.32. The van der Waals surface area contributed by atoms with E-state index in [4.69, 9.17) is 0 Å². The molecule has 0 radical (unpaired) electrons. The highest BCUT2D eigenvalue weighted by atomic mass is 16.1. The van der Waals surface area contributed by atoms with Crippen LogP contribution in [0.4, 0.5) is 5.69 Å². The van der Waals surface area contributed by atoms with Crippen molar-refractivity contribution in [2.24, 2.45) is 7.05 Å². The molecule has 3 rings (SSSR count). The maximum absolute atomic E-state index is 12.5. The van der Waals surface area contributed by atoms with Crippen LogP contribution in [-0.2, 0) is 11.8 Å². The molecule has 1 heterocycles. The molecule has 0 fully saturated rings. The van der Waals surface area contributed by atoms with Crippen LogP contribution in [0.5, 0.6) is 0 Å². The van der Waals surface area contributed by atoms with Crippen LogP contribution in [0.2, 0.25) is 0 Å². The van der Waals surface area contributed by atoms with Gasteiger partial charge in [-0.2, -0.15) is 5.26 Å². The van der Waals surface area contributed by atoms with Crippen LogP contribution in [0.25, 0.3) is 17.0 Å². The zero-order valence-corrected chi connectivity index (χ0v) is 14.5. The SMILES string of the molecule is Cc1ccc(NC(=O)/C(C#N)=C/c2c(C)n(C)c3ccccc23)cc1. The number of para-hydroxylation sites is 1. The molecule has 4 heteroatoms. The first-order valence-electron chi connectivity index (χ1n) is 8.05. The van der Waals surface area contributed by atoms with Crippen molar-refractivity contribution >= 4 is 28.6 Å². The topological polar surface area (TPSA) is 57.8 Å². The number of anilines is 1. The molecule has 0 aliphatic carbocycles. The number of fused-ring (bicyclic) bond motifs is 1. The van der Waals surface area contributed by atoms with Gasteiger partial charge in [-0.1, -0.05) is 35.9 Å². The second-order valence-electron chi connectivity index (χ2n) is 6.07. The van der Waals surface area contributed by atoms with E-state index < -0.39 is 5.91 Å². The molecule has 2 aromatic carbocycles. The van der Waals surface area contributed by atoms with Crippen LogP contribution in [0.1, 0.15) is 16.8 Å². The fourth-order valence-corrected chi connectivity index (χ4v) is 2.86. The summed E-state index contributed by atoms with van der Waals surface area (Å²) in [6.45, 7) is 3.97. The van der Waals surface area contributed by atoms with Gasteiger partial charge in [0.25, 0.3) is 5.91 Å². The molecule has 0 saturated carbocycles. The lowest BCUT2D eigenvalue weighted by molar-refractivity contribution is -0.112. The Morgan fingerprint density at radius 2 is 1.80 bits per heavy atom. The molecular weight excluding hydrogens is 310 g/mol. The molecule has 4 nitrogen and oxygen atoms in total. The third-order valence-corrected chi connectivity index (χ3v) is 4.41. The Morgan fingerprint density at radius 1 is 1.12 bits per heavy atom. The van der Waals surface area contributed by atoms with Crippen LogP contribution in [0.3, 0.4) is 0 Å². The molecule has 25 heavy (non-hydrogen) atoms. The zero-order valence-electron chi connectivity index (χ0n) is 14.5. The summed E-state index contributed by atoms with van der Waals surface area (Å²) < 4.78 is 2.06. The van der Waals surface area contributed by atoms with Crippen molar-refractivity contribution in [3.05, 3.63) is 70.9 Å². The van der Waals surface area contributed by atoms with Crippen molar-refractivity contribution in [2.75, 3.05) is 5.32 Å². The highest BCUT2D eigenvalue weighted by Gasteiger charge is 2.14. The molecule has 0 bridgehead atoms. The third kappa shape index (κ3) is 3.17. The van der Waals surface area contributed by atoms with Gasteiger partial charge in [0.15, 0.2) is 0 Å². The predicted molar refractivity (Wildman–Crippen MR) is 101 cm³/mol. The fraction of sp³-hybridized carbons (Fsp3) is 0.143. The van der Waals surface area contributed by atoms with Gasteiger partial charge in [-0.3, -0.25) is 4.79 Å². The van der Waals surface area contributed by atoms with Crippen molar-refractivity contribution in [1.29, 1.82) is 5.26 Å². The molecule has 1 amide bonds. The Morgan fingerprint density at radius 3 is 2.48 bits per heavy atom. The number of benzene rings is 2. The van der Waals surface area contributed by atoms with Crippen molar-refractivity contribution in [2.45, 2.75) is 13.8 Å². The van der Waals surface area contributed by atoms with E-state index in [1.807, 2.05) is 75.5 Å².